The first-order valence-corrected chi connectivity index (χ1v) is 13.6. The van der Waals surface area contributed by atoms with Gasteiger partial charge in [0.05, 0.1) is 44.0 Å². The van der Waals surface area contributed by atoms with Crippen molar-refractivity contribution in [1.82, 2.24) is 0 Å². The van der Waals surface area contributed by atoms with Crippen LogP contribution in [0.3, 0.4) is 0 Å². The topological polar surface area (TPSA) is 84.9 Å². The zero-order valence-corrected chi connectivity index (χ0v) is 21.6. The van der Waals surface area contributed by atoms with E-state index in [1.165, 1.54) is 38.1 Å². The number of rotatable bonds is 9. The highest BCUT2D eigenvalue weighted by molar-refractivity contribution is 7.98. The molecule has 3 aromatic carbocycles. The van der Waals surface area contributed by atoms with Crippen LogP contribution in [0.5, 0.6) is 11.5 Å². The molecule has 34 heavy (non-hydrogen) atoms. The van der Waals surface area contributed by atoms with Crippen LogP contribution in [0.25, 0.3) is 0 Å². The lowest BCUT2D eigenvalue weighted by molar-refractivity contribution is 0.102. The molecule has 0 saturated heterocycles. The molecule has 0 radical (unpaired) electrons. The van der Waals surface area contributed by atoms with Crippen LogP contribution in [-0.4, -0.2) is 41.1 Å². The molecule has 10 heteroatoms. The van der Waals surface area contributed by atoms with Gasteiger partial charge in [0.25, 0.3) is 5.91 Å². The van der Waals surface area contributed by atoms with Gasteiger partial charge in [-0.2, -0.15) is 0 Å². The standard InChI is InChI=1S/C24H25ClN2O5S2/c1-31-21-13-18(24(28)26-19-7-5-6-8-23(19)33-3)20(14-22(21)32-2)27(34(4,29)30)15-16-9-11-17(25)12-10-16/h5-14H,15H2,1-4H3,(H,26,28). The van der Waals surface area contributed by atoms with E-state index in [0.717, 1.165) is 15.5 Å². The first-order chi connectivity index (χ1) is 16.2. The van der Waals surface area contributed by atoms with Crippen LogP contribution in [0.2, 0.25) is 5.02 Å². The molecule has 0 aromatic heterocycles. The number of anilines is 2. The fourth-order valence-corrected chi connectivity index (χ4v) is 4.90. The monoisotopic (exact) mass is 520 g/mol. The van der Waals surface area contributed by atoms with E-state index in [1.54, 1.807) is 30.3 Å². The molecule has 0 unspecified atom stereocenters. The Morgan fingerprint density at radius 2 is 1.65 bits per heavy atom. The SMILES string of the molecule is COc1cc(C(=O)Nc2ccccc2SC)c(N(Cc2ccc(Cl)cc2)S(C)(=O)=O)cc1OC. The molecule has 180 valence electrons. The summed E-state index contributed by atoms with van der Waals surface area (Å²) in [6, 6.07) is 17.2. The number of halogens is 1. The molecular formula is C24H25ClN2O5S2. The zero-order chi connectivity index (χ0) is 24.9. The van der Waals surface area contributed by atoms with Crippen molar-refractivity contribution in [3.05, 3.63) is 76.8 Å². The Labute approximate surface area is 209 Å². The average molecular weight is 521 g/mol. The second-order valence-electron chi connectivity index (χ2n) is 7.27. The molecule has 0 fully saturated rings. The Bertz CT molecular complexity index is 1280. The summed E-state index contributed by atoms with van der Waals surface area (Å²) in [7, 11) is -0.899. The van der Waals surface area contributed by atoms with Gasteiger partial charge in [0.1, 0.15) is 0 Å². The van der Waals surface area contributed by atoms with E-state index in [-0.39, 0.29) is 17.8 Å². The molecule has 0 aliphatic heterocycles. The van der Waals surface area contributed by atoms with Gasteiger partial charge in [0, 0.05) is 16.0 Å². The summed E-state index contributed by atoms with van der Waals surface area (Å²) in [6.07, 6.45) is 2.99. The first-order valence-electron chi connectivity index (χ1n) is 10.1. The number of nitrogens with one attached hydrogen (secondary N) is 1. The Morgan fingerprint density at radius 1 is 1.03 bits per heavy atom. The Hall–Kier alpha value is -2.88. The first kappa shape index (κ1) is 25.7. The predicted molar refractivity (Wildman–Crippen MR) is 138 cm³/mol. The second kappa shape index (κ2) is 11.0. The normalized spacial score (nSPS) is 11.1. The molecule has 0 aliphatic rings. The Kier molecular flexibility index (Phi) is 8.35. The number of benzene rings is 3. The molecule has 7 nitrogen and oxygen atoms in total. The largest absolute Gasteiger partial charge is 0.493 e. The minimum Gasteiger partial charge on any atom is -0.493 e. The van der Waals surface area contributed by atoms with Crippen LogP contribution < -0.4 is 19.1 Å². The number of carbonyl (C=O) groups excluding carboxylic acids is 1. The number of amides is 1. The van der Waals surface area contributed by atoms with Gasteiger partial charge in [-0.1, -0.05) is 35.9 Å². The second-order valence-corrected chi connectivity index (χ2v) is 10.5. The van der Waals surface area contributed by atoms with Gasteiger partial charge in [0.15, 0.2) is 11.5 Å². The van der Waals surface area contributed by atoms with Crippen LogP contribution in [-0.2, 0) is 16.6 Å². The molecule has 0 bridgehead atoms. The van der Waals surface area contributed by atoms with Gasteiger partial charge in [-0.15, -0.1) is 11.8 Å². The molecule has 0 heterocycles. The molecule has 0 saturated carbocycles. The minimum absolute atomic E-state index is 0.00678. The quantitative estimate of drug-likeness (QED) is 0.385. The van der Waals surface area contributed by atoms with E-state index < -0.39 is 15.9 Å². The third-order valence-corrected chi connectivity index (χ3v) is 7.18. The molecule has 0 aliphatic carbocycles. The minimum atomic E-state index is -3.79. The Morgan fingerprint density at radius 3 is 2.24 bits per heavy atom. The number of methoxy groups -OCH3 is 2. The summed E-state index contributed by atoms with van der Waals surface area (Å²) < 4.78 is 37.7. The predicted octanol–water partition coefficient (Wildman–Crippen LogP) is 5.30. The van der Waals surface area contributed by atoms with Gasteiger partial charge in [-0.3, -0.25) is 9.10 Å². The third kappa shape index (κ3) is 5.97. The molecule has 0 atom stereocenters. The summed E-state index contributed by atoms with van der Waals surface area (Å²) in [6.45, 7) is -0.00678. The molecule has 3 rings (SSSR count). The third-order valence-electron chi connectivity index (χ3n) is 5.01. The smallest absolute Gasteiger partial charge is 0.257 e. The summed E-state index contributed by atoms with van der Waals surface area (Å²) in [5, 5.41) is 3.42. The van der Waals surface area contributed by atoms with Crippen molar-refractivity contribution in [3.8, 4) is 11.5 Å². The average Bonchev–Trinajstić information content (AvgIpc) is 2.82. The van der Waals surface area contributed by atoms with E-state index in [9.17, 15) is 13.2 Å². The summed E-state index contributed by atoms with van der Waals surface area (Å²) in [5.41, 5.74) is 1.59. The van der Waals surface area contributed by atoms with Crippen LogP contribution in [0, 0.1) is 0 Å². The number of thioether (sulfide) groups is 1. The highest BCUT2D eigenvalue weighted by atomic mass is 35.5. The van der Waals surface area contributed by atoms with Crippen LogP contribution in [0.1, 0.15) is 15.9 Å². The maximum absolute atomic E-state index is 13.4. The van der Waals surface area contributed by atoms with Gasteiger partial charge in [0.2, 0.25) is 10.0 Å². The molecule has 1 amide bonds. The fraction of sp³-hybridized carbons (Fsp3) is 0.208. The van der Waals surface area contributed by atoms with E-state index in [2.05, 4.69) is 5.32 Å². The van der Waals surface area contributed by atoms with Crippen LogP contribution in [0.15, 0.2) is 65.6 Å². The van der Waals surface area contributed by atoms with Crippen molar-refractivity contribution in [2.24, 2.45) is 0 Å². The van der Waals surface area contributed by atoms with E-state index in [0.29, 0.717) is 27.8 Å². The van der Waals surface area contributed by atoms with Crippen molar-refractivity contribution in [2.45, 2.75) is 11.4 Å². The molecule has 1 N–H and O–H groups in total. The van der Waals surface area contributed by atoms with Gasteiger partial charge in [-0.25, -0.2) is 8.42 Å². The lowest BCUT2D eigenvalue weighted by atomic mass is 10.1. The maximum Gasteiger partial charge on any atom is 0.257 e. The summed E-state index contributed by atoms with van der Waals surface area (Å²) >= 11 is 7.47. The number of nitrogens with zero attached hydrogens (tertiary/aromatic N) is 1. The lowest BCUT2D eigenvalue weighted by Crippen LogP contribution is -2.31. The number of ether oxygens (including phenoxy) is 2. The van der Waals surface area contributed by atoms with E-state index >= 15 is 0 Å². The van der Waals surface area contributed by atoms with E-state index in [1.807, 2.05) is 24.5 Å². The number of sulfonamides is 1. The fourth-order valence-electron chi connectivity index (χ4n) is 3.33. The van der Waals surface area contributed by atoms with Crippen LogP contribution >= 0.6 is 23.4 Å². The number of hydrogen-bond donors (Lipinski definition) is 1. The molecular weight excluding hydrogens is 496 g/mol. The molecule has 3 aromatic rings. The van der Waals surface area contributed by atoms with Crippen LogP contribution in [0.4, 0.5) is 11.4 Å². The highest BCUT2D eigenvalue weighted by Gasteiger charge is 2.27. The van der Waals surface area contributed by atoms with Crippen molar-refractivity contribution in [3.63, 3.8) is 0 Å². The Balaban J connectivity index is 2.14. The van der Waals surface area contributed by atoms with Crippen molar-refractivity contribution in [1.29, 1.82) is 0 Å². The van der Waals surface area contributed by atoms with E-state index in [4.69, 9.17) is 21.1 Å². The highest BCUT2D eigenvalue weighted by Crippen LogP contribution is 2.37. The molecule has 0 spiro atoms. The van der Waals surface area contributed by atoms with Crippen molar-refractivity contribution < 1.29 is 22.7 Å². The maximum atomic E-state index is 13.4. The summed E-state index contributed by atoms with van der Waals surface area (Å²) in [5.74, 6) is 0.111. The van der Waals surface area contributed by atoms with Crippen molar-refractivity contribution in [2.75, 3.05) is 36.4 Å². The van der Waals surface area contributed by atoms with Crippen molar-refractivity contribution >= 4 is 50.7 Å². The zero-order valence-electron chi connectivity index (χ0n) is 19.2. The lowest BCUT2D eigenvalue weighted by Gasteiger charge is -2.26. The number of hydrogen-bond acceptors (Lipinski definition) is 6. The number of para-hydroxylation sites is 1. The number of carbonyl (C=O) groups is 1. The van der Waals surface area contributed by atoms with Gasteiger partial charge < -0.3 is 14.8 Å². The summed E-state index contributed by atoms with van der Waals surface area (Å²) in [4.78, 5) is 14.3. The van der Waals surface area contributed by atoms with Gasteiger partial charge in [-0.05, 0) is 42.2 Å². The van der Waals surface area contributed by atoms with Gasteiger partial charge >= 0.3 is 0 Å².